The van der Waals surface area contributed by atoms with E-state index in [0.717, 1.165) is 44.8 Å². The SMILES string of the molecule is [2H]C(C)(C)c1cc(-c2[c-]cccc2)ncc1[Si](C)(C)C.[2H]C(C)(C)c1ccnc(-c2[c-]cc(C3CCCCC3)c3c2oc2cc4c(ccc5ccccc54)cc23)c1.[Ir]. The number of furan rings is 1. The van der Waals surface area contributed by atoms with Gasteiger partial charge in [0.15, 0.2) is 0 Å². The van der Waals surface area contributed by atoms with Gasteiger partial charge in [-0.1, -0.05) is 150 Å². The van der Waals surface area contributed by atoms with Crippen molar-refractivity contribution in [2.45, 2.75) is 97.1 Å². The molecule has 56 heavy (non-hydrogen) atoms. The van der Waals surface area contributed by atoms with Gasteiger partial charge in [0.05, 0.1) is 13.7 Å². The Bertz CT molecular complexity index is 2740. The molecule has 1 saturated carbocycles. The van der Waals surface area contributed by atoms with E-state index in [-0.39, 0.29) is 20.1 Å². The van der Waals surface area contributed by atoms with Crippen LogP contribution in [0, 0.1) is 12.1 Å². The minimum Gasteiger partial charge on any atom is -0.501 e. The number of rotatable bonds is 6. The first kappa shape index (κ1) is 37.2. The van der Waals surface area contributed by atoms with Gasteiger partial charge in [0.25, 0.3) is 0 Å². The third-order valence-corrected chi connectivity index (χ3v) is 13.3. The smallest absolute Gasteiger partial charge is 0.121 e. The van der Waals surface area contributed by atoms with Gasteiger partial charge in [0.1, 0.15) is 5.58 Å². The van der Waals surface area contributed by atoms with Crippen LogP contribution in [0.25, 0.3) is 66.0 Å². The average Bonchev–Trinajstić information content (AvgIpc) is 3.58. The van der Waals surface area contributed by atoms with Crippen LogP contribution in [0.1, 0.15) is 96.9 Å². The molecular formula is C51H52IrN2OSi-2. The maximum Gasteiger partial charge on any atom is 0.121 e. The van der Waals surface area contributed by atoms with Crippen LogP contribution >= 0.6 is 0 Å². The number of nitrogens with zero attached hydrogens (tertiary/aromatic N) is 2. The maximum absolute atomic E-state index is 8.54. The average molecular weight is 931 g/mol. The molecule has 0 saturated heterocycles. The van der Waals surface area contributed by atoms with Gasteiger partial charge in [-0.15, -0.1) is 53.6 Å². The molecule has 287 valence electrons. The zero-order valence-corrected chi connectivity index (χ0v) is 37.0. The summed E-state index contributed by atoms with van der Waals surface area (Å²) in [6, 6.07) is 40.4. The van der Waals surface area contributed by atoms with Crippen molar-refractivity contribution in [3.63, 3.8) is 0 Å². The molecule has 0 atom stereocenters. The second-order valence-electron chi connectivity index (χ2n) is 16.7. The zero-order chi connectivity index (χ0) is 40.1. The second kappa shape index (κ2) is 16.6. The van der Waals surface area contributed by atoms with Gasteiger partial charge in [0.2, 0.25) is 0 Å². The minimum absolute atomic E-state index is 0. The summed E-state index contributed by atoms with van der Waals surface area (Å²) in [7, 11) is -1.50. The third-order valence-electron chi connectivity index (χ3n) is 11.3. The van der Waals surface area contributed by atoms with Crippen molar-refractivity contribution in [2.24, 2.45) is 0 Å². The molecule has 3 nitrogen and oxygen atoms in total. The van der Waals surface area contributed by atoms with Crippen LogP contribution in [0.4, 0.5) is 0 Å². The van der Waals surface area contributed by atoms with Gasteiger partial charge >= 0.3 is 0 Å². The van der Waals surface area contributed by atoms with Crippen molar-refractivity contribution in [1.29, 1.82) is 0 Å². The molecule has 0 amide bonds. The van der Waals surface area contributed by atoms with E-state index in [0.29, 0.717) is 5.92 Å². The monoisotopic (exact) mass is 931 g/mol. The van der Waals surface area contributed by atoms with Crippen LogP contribution in [0.5, 0.6) is 0 Å². The number of hydrogen-bond donors (Lipinski definition) is 0. The molecule has 1 fully saturated rings. The first-order valence-corrected chi connectivity index (χ1v) is 23.3. The number of fused-ring (bicyclic) bond motifs is 6. The molecule has 0 spiro atoms. The Kier molecular flexibility index (Phi) is 11.0. The topological polar surface area (TPSA) is 38.9 Å². The summed E-state index contributed by atoms with van der Waals surface area (Å²) in [6.07, 6.45) is 10.1. The normalized spacial score (nSPS) is 14.6. The van der Waals surface area contributed by atoms with Crippen molar-refractivity contribution >= 4 is 56.7 Å². The zero-order valence-electron chi connectivity index (χ0n) is 35.6. The van der Waals surface area contributed by atoms with Gasteiger partial charge in [-0.3, -0.25) is 0 Å². The molecule has 5 heteroatoms. The summed E-state index contributed by atoms with van der Waals surface area (Å²) in [6.45, 7) is 14.6. The van der Waals surface area contributed by atoms with E-state index in [1.54, 1.807) is 6.20 Å². The molecule has 8 aromatic rings. The molecule has 0 N–H and O–H groups in total. The molecular weight excluding hydrogens is 877 g/mol. The van der Waals surface area contributed by atoms with Gasteiger partial charge in [0, 0.05) is 40.6 Å². The molecule has 0 aliphatic heterocycles. The third kappa shape index (κ3) is 7.92. The van der Waals surface area contributed by atoms with Crippen LogP contribution in [-0.4, -0.2) is 18.0 Å². The van der Waals surface area contributed by atoms with E-state index in [1.165, 1.54) is 75.2 Å². The van der Waals surface area contributed by atoms with Crippen LogP contribution in [-0.2, 0) is 20.1 Å². The Morgan fingerprint density at radius 1 is 0.750 bits per heavy atom. The largest absolute Gasteiger partial charge is 0.501 e. The van der Waals surface area contributed by atoms with Gasteiger partial charge in [-0.2, -0.15) is 0 Å². The van der Waals surface area contributed by atoms with Gasteiger partial charge in [-0.05, 0) is 74.0 Å². The Hall–Kier alpha value is -4.41. The van der Waals surface area contributed by atoms with Crippen molar-refractivity contribution in [3.8, 4) is 22.5 Å². The molecule has 1 aliphatic rings. The Morgan fingerprint density at radius 2 is 1.52 bits per heavy atom. The second-order valence-corrected chi connectivity index (χ2v) is 21.7. The molecule has 5 aromatic carbocycles. The first-order valence-electron chi connectivity index (χ1n) is 20.8. The molecule has 3 heterocycles. The Labute approximate surface area is 350 Å². The fourth-order valence-electron chi connectivity index (χ4n) is 8.32. The number of pyridine rings is 2. The molecule has 0 unspecified atom stereocenters. The van der Waals surface area contributed by atoms with Crippen LogP contribution in [0.15, 0.2) is 114 Å². The molecule has 1 aliphatic carbocycles. The summed E-state index contributed by atoms with van der Waals surface area (Å²) in [4.78, 5) is 9.32. The summed E-state index contributed by atoms with van der Waals surface area (Å²) >= 11 is 0. The van der Waals surface area contributed by atoms with E-state index in [2.05, 4.69) is 97.4 Å². The number of benzene rings is 5. The van der Waals surface area contributed by atoms with Crippen LogP contribution < -0.4 is 5.19 Å². The standard InChI is InChI=1S/C34H30NO.C17H22NSi.Ir/c1-21(2)24-16-17-35-31(19-24)28-15-14-27(22-8-4-3-5-9-22)33-30-18-25-13-12-23-10-6-7-11-26(23)29(25)20-32(30)36-34(28)33;1-13(2)15-11-16(14-9-7-6-8-10-14)18-12-17(15)19(3,4)5;/h6-7,10-14,16-22H,3-5,8-9H2,1-2H3;6-9,11-13H,1-5H3;/q2*-1;/i21D;13D;. The van der Waals surface area contributed by atoms with Crippen molar-refractivity contribution in [2.75, 3.05) is 0 Å². The molecule has 9 rings (SSSR count). The quantitative estimate of drug-likeness (QED) is 0.0947. The Balaban J connectivity index is 0.000000208. The van der Waals surface area contributed by atoms with Crippen molar-refractivity contribution in [1.82, 2.24) is 9.97 Å². The van der Waals surface area contributed by atoms with Gasteiger partial charge in [-0.25, -0.2) is 0 Å². The first-order chi connectivity index (χ1) is 27.2. The fourth-order valence-corrected chi connectivity index (χ4v) is 9.90. The predicted octanol–water partition coefficient (Wildman–Crippen LogP) is 14.1. The van der Waals surface area contributed by atoms with Crippen molar-refractivity contribution in [3.05, 3.63) is 138 Å². The summed E-state index contributed by atoms with van der Waals surface area (Å²) < 4.78 is 23.7. The maximum atomic E-state index is 8.54. The molecule has 3 aromatic heterocycles. The van der Waals surface area contributed by atoms with Crippen LogP contribution in [0.3, 0.4) is 0 Å². The summed E-state index contributed by atoms with van der Waals surface area (Å²) in [5.74, 6) is -0.783. The van der Waals surface area contributed by atoms with E-state index in [9.17, 15) is 0 Å². The van der Waals surface area contributed by atoms with E-state index < -0.39 is 19.9 Å². The summed E-state index contributed by atoms with van der Waals surface area (Å²) in [5, 5.41) is 8.58. The molecule has 1 radical (unpaired) electrons. The Morgan fingerprint density at radius 3 is 2.25 bits per heavy atom. The van der Waals surface area contributed by atoms with Gasteiger partial charge < -0.3 is 14.4 Å². The van der Waals surface area contributed by atoms with E-state index in [1.807, 2.05) is 70.3 Å². The van der Waals surface area contributed by atoms with E-state index >= 15 is 0 Å². The predicted molar refractivity (Wildman–Crippen MR) is 236 cm³/mol. The van der Waals surface area contributed by atoms with E-state index in [4.69, 9.17) is 12.1 Å². The molecule has 0 bridgehead atoms. The number of hydrogen-bond acceptors (Lipinski definition) is 3. The fraction of sp³-hybridized carbons (Fsp3) is 0.294. The summed E-state index contributed by atoms with van der Waals surface area (Å²) in [5.41, 5.74) is 8.75. The number of aromatic nitrogens is 2. The van der Waals surface area contributed by atoms with Crippen molar-refractivity contribution < 1.29 is 27.3 Å². The van der Waals surface area contributed by atoms with Crippen LogP contribution in [0.2, 0.25) is 19.6 Å². The minimum atomic E-state index is -1.50.